The molecule has 178 valence electrons. The van der Waals surface area contributed by atoms with Crippen molar-refractivity contribution in [3.05, 3.63) is 48.2 Å². The summed E-state index contributed by atoms with van der Waals surface area (Å²) in [6, 6.07) is 12.8. The van der Waals surface area contributed by atoms with Gasteiger partial charge in [0.25, 0.3) is 0 Å². The summed E-state index contributed by atoms with van der Waals surface area (Å²) in [4.78, 5) is 4.70. The molecule has 0 saturated carbocycles. The van der Waals surface area contributed by atoms with Gasteiger partial charge in [0.05, 0.1) is 12.3 Å². The van der Waals surface area contributed by atoms with Crippen LogP contribution in [0.25, 0.3) is 11.3 Å². The van der Waals surface area contributed by atoms with Crippen molar-refractivity contribution in [2.45, 2.75) is 111 Å². The van der Waals surface area contributed by atoms with Crippen LogP contribution >= 0.6 is 0 Å². The summed E-state index contributed by atoms with van der Waals surface area (Å²) in [7, 11) is 0. The number of hydrogen-bond donors (Lipinski definition) is 0. The molecule has 0 aliphatic carbocycles. The molecule has 1 aromatic carbocycles. The van der Waals surface area contributed by atoms with Gasteiger partial charge in [-0.2, -0.15) is 0 Å². The van der Waals surface area contributed by atoms with Crippen molar-refractivity contribution in [1.29, 1.82) is 0 Å². The summed E-state index contributed by atoms with van der Waals surface area (Å²) >= 11 is 0. The first-order valence-electron chi connectivity index (χ1n) is 13.4. The molecule has 32 heavy (non-hydrogen) atoms. The van der Waals surface area contributed by atoms with Gasteiger partial charge in [-0.1, -0.05) is 91.0 Å². The molecule has 0 aliphatic heterocycles. The van der Waals surface area contributed by atoms with Crippen LogP contribution in [0.2, 0.25) is 0 Å². The van der Waals surface area contributed by atoms with E-state index in [-0.39, 0.29) is 0 Å². The van der Waals surface area contributed by atoms with Crippen molar-refractivity contribution < 1.29 is 4.74 Å². The zero-order chi connectivity index (χ0) is 22.9. The van der Waals surface area contributed by atoms with Crippen LogP contribution in [-0.4, -0.2) is 11.6 Å². The summed E-state index contributed by atoms with van der Waals surface area (Å²) in [5, 5.41) is 0. The first-order chi connectivity index (χ1) is 15.7. The van der Waals surface area contributed by atoms with E-state index in [1.165, 1.54) is 82.6 Å². The first-order valence-corrected chi connectivity index (χ1v) is 13.4. The fourth-order valence-electron chi connectivity index (χ4n) is 4.35. The van der Waals surface area contributed by atoms with E-state index in [4.69, 9.17) is 9.72 Å². The monoisotopic (exact) mass is 437 g/mol. The van der Waals surface area contributed by atoms with Gasteiger partial charge in [-0.3, -0.25) is 4.98 Å². The Bertz CT molecular complexity index is 692. The van der Waals surface area contributed by atoms with E-state index in [2.05, 4.69) is 63.4 Å². The summed E-state index contributed by atoms with van der Waals surface area (Å²) in [5.41, 5.74) is 3.55. The standard InChI is InChI=1S/C30H47NO/c1-4-6-7-8-9-10-11-12-17-27-18-23-30(31-25-27)28-19-21-29(22-20-28)32-24-14-13-16-26(3)15-5-2/h18-23,25-26H,4-17,24H2,1-3H3. The van der Waals surface area contributed by atoms with Crippen LogP contribution in [0.4, 0.5) is 0 Å². The Morgan fingerprint density at radius 2 is 1.44 bits per heavy atom. The van der Waals surface area contributed by atoms with Crippen molar-refractivity contribution >= 4 is 0 Å². The second-order valence-electron chi connectivity index (χ2n) is 9.54. The predicted molar refractivity (Wildman–Crippen MR) is 139 cm³/mol. The number of pyridine rings is 1. The van der Waals surface area contributed by atoms with Crippen molar-refractivity contribution in [3.8, 4) is 17.0 Å². The van der Waals surface area contributed by atoms with Gasteiger partial charge < -0.3 is 4.74 Å². The maximum absolute atomic E-state index is 5.93. The van der Waals surface area contributed by atoms with E-state index < -0.39 is 0 Å². The average Bonchev–Trinajstić information content (AvgIpc) is 2.82. The largest absolute Gasteiger partial charge is 0.494 e. The number of nitrogens with zero attached hydrogens (tertiary/aromatic N) is 1. The lowest BCUT2D eigenvalue weighted by Gasteiger charge is -2.10. The van der Waals surface area contributed by atoms with E-state index >= 15 is 0 Å². The first kappa shape index (κ1) is 26.4. The second kappa shape index (κ2) is 16.8. The summed E-state index contributed by atoms with van der Waals surface area (Å²) < 4.78 is 5.93. The minimum atomic E-state index is 0.809. The molecule has 2 heteroatoms. The molecule has 0 saturated heterocycles. The molecule has 1 aromatic heterocycles. The smallest absolute Gasteiger partial charge is 0.119 e. The molecule has 1 atom stereocenters. The minimum Gasteiger partial charge on any atom is -0.494 e. The van der Waals surface area contributed by atoms with Crippen molar-refractivity contribution in [2.75, 3.05) is 6.61 Å². The van der Waals surface area contributed by atoms with Crippen molar-refractivity contribution in [3.63, 3.8) is 0 Å². The maximum atomic E-state index is 5.93. The van der Waals surface area contributed by atoms with Gasteiger partial charge in [0, 0.05) is 11.8 Å². The van der Waals surface area contributed by atoms with E-state index in [0.717, 1.165) is 42.4 Å². The second-order valence-corrected chi connectivity index (χ2v) is 9.54. The molecule has 0 N–H and O–H groups in total. The van der Waals surface area contributed by atoms with Gasteiger partial charge >= 0.3 is 0 Å². The number of aryl methyl sites for hydroxylation is 1. The quantitative estimate of drug-likeness (QED) is 0.217. The zero-order valence-electron chi connectivity index (χ0n) is 21.1. The lowest BCUT2D eigenvalue weighted by Crippen LogP contribution is -2.00. The molecule has 0 radical (unpaired) electrons. The number of unbranched alkanes of at least 4 members (excludes halogenated alkanes) is 8. The lowest BCUT2D eigenvalue weighted by atomic mass is 9.99. The van der Waals surface area contributed by atoms with Crippen LogP contribution < -0.4 is 4.74 Å². The highest BCUT2D eigenvalue weighted by Crippen LogP contribution is 2.22. The van der Waals surface area contributed by atoms with E-state index in [1.807, 2.05) is 0 Å². The molecular weight excluding hydrogens is 390 g/mol. The molecule has 0 amide bonds. The number of rotatable bonds is 18. The van der Waals surface area contributed by atoms with Gasteiger partial charge in [0.15, 0.2) is 0 Å². The van der Waals surface area contributed by atoms with Crippen LogP contribution in [-0.2, 0) is 6.42 Å². The molecule has 1 unspecified atom stereocenters. The predicted octanol–water partition coefficient (Wildman–Crippen LogP) is 9.42. The highest BCUT2D eigenvalue weighted by atomic mass is 16.5. The molecular formula is C30H47NO. The summed E-state index contributed by atoms with van der Waals surface area (Å²) in [6.45, 7) is 7.72. The van der Waals surface area contributed by atoms with E-state index in [1.54, 1.807) is 0 Å². The normalized spacial score (nSPS) is 12.1. The van der Waals surface area contributed by atoms with Gasteiger partial charge in [-0.05, 0) is 67.5 Å². The van der Waals surface area contributed by atoms with Crippen molar-refractivity contribution in [1.82, 2.24) is 4.98 Å². The molecule has 0 aliphatic rings. The number of aromatic nitrogens is 1. The fourth-order valence-corrected chi connectivity index (χ4v) is 4.35. The summed E-state index contributed by atoms with van der Waals surface area (Å²) in [5.74, 6) is 1.81. The van der Waals surface area contributed by atoms with Crippen LogP contribution in [0.1, 0.15) is 110 Å². The molecule has 0 spiro atoms. The van der Waals surface area contributed by atoms with Gasteiger partial charge in [-0.25, -0.2) is 0 Å². The zero-order valence-corrected chi connectivity index (χ0v) is 21.1. The van der Waals surface area contributed by atoms with E-state index in [9.17, 15) is 0 Å². The number of benzene rings is 1. The fraction of sp³-hybridized carbons (Fsp3) is 0.633. The Morgan fingerprint density at radius 3 is 2.09 bits per heavy atom. The lowest BCUT2D eigenvalue weighted by molar-refractivity contribution is 0.299. The highest BCUT2D eigenvalue weighted by Gasteiger charge is 2.03. The topological polar surface area (TPSA) is 22.1 Å². The van der Waals surface area contributed by atoms with Crippen LogP contribution in [0.3, 0.4) is 0 Å². The Kier molecular flexibility index (Phi) is 13.8. The minimum absolute atomic E-state index is 0.809. The molecule has 1 heterocycles. The molecule has 2 aromatic rings. The van der Waals surface area contributed by atoms with Crippen molar-refractivity contribution in [2.24, 2.45) is 5.92 Å². The van der Waals surface area contributed by atoms with Gasteiger partial charge in [0.2, 0.25) is 0 Å². The maximum Gasteiger partial charge on any atom is 0.119 e. The van der Waals surface area contributed by atoms with Crippen LogP contribution in [0.15, 0.2) is 42.6 Å². The van der Waals surface area contributed by atoms with Crippen LogP contribution in [0, 0.1) is 5.92 Å². The molecule has 2 rings (SSSR count). The summed E-state index contributed by atoms with van der Waals surface area (Å²) in [6.07, 6.45) is 20.5. The third kappa shape index (κ3) is 11.2. The Hall–Kier alpha value is -1.83. The van der Waals surface area contributed by atoms with Gasteiger partial charge in [0.1, 0.15) is 5.75 Å². The third-order valence-corrected chi connectivity index (χ3v) is 6.44. The van der Waals surface area contributed by atoms with Gasteiger partial charge in [-0.15, -0.1) is 0 Å². The molecule has 2 nitrogen and oxygen atoms in total. The van der Waals surface area contributed by atoms with E-state index in [0.29, 0.717) is 0 Å². The number of hydrogen-bond acceptors (Lipinski definition) is 2. The SMILES string of the molecule is CCCCCCCCCCc1ccc(-c2ccc(OCCCCC(C)CCC)cc2)nc1. The molecule has 0 fully saturated rings. The Morgan fingerprint density at radius 1 is 0.719 bits per heavy atom. The average molecular weight is 438 g/mol. The Labute approximate surface area is 198 Å². The third-order valence-electron chi connectivity index (χ3n) is 6.44. The highest BCUT2D eigenvalue weighted by molar-refractivity contribution is 5.60. The molecule has 0 bridgehead atoms. The van der Waals surface area contributed by atoms with Crippen LogP contribution in [0.5, 0.6) is 5.75 Å². The Balaban J connectivity index is 1.64. The number of ether oxygens (including phenoxy) is 1.